The first-order valence-electron chi connectivity index (χ1n) is 8.92. The normalized spacial score (nSPS) is 25.3. The number of carbonyl (C=O) groups excluding carboxylic acids is 1. The van der Waals surface area contributed by atoms with Gasteiger partial charge < -0.3 is 5.32 Å². The fourth-order valence-electron chi connectivity index (χ4n) is 3.88. The lowest BCUT2D eigenvalue weighted by Crippen LogP contribution is -2.45. The number of nitrogens with one attached hydrogen (secondary N) is 1. The Labute approximate surface area is 147 Å². The number of amides is 1. The van der Waals surface area contributed by atoms with E-state index in [0.717, 1.165) is 24.9 Å². The van der Waals surface area contributed by atoms with Crippen molar-refractivity contribution in [1.82, 2.24) is 10.2 Å². The quantitative estimate of drug-likeness (QED) is 0.929. The molecule has 2 aromatic carbocycles. The lowest BCUT2D eigenvalue weighted by molar-refractivity contribution is -0.122. The molecule has 25 heavy (non-hydrogen) atoms. The molecule has 3 atom stereocenters. The molecule has 1 heterocycles. The van der Waals surface area contributed by atoms with Crippen molar-refractivity contribution in [2.24, 2.45) is 5.92 Å². The fourth-order valence-corrected chi connectivity index (χ4v) is 3.88. The van der Waals surface area contributed by atoms with Gasteiger partial charge in [-0.25, -0.2) is 4.39 Å². The van der Waals surface area contributed by atoms with Crippen LogP contribution >= 0.6 is 0 Å². The summed E-state index contributed by atoms with van der Waals surface area (Å²) in [6.07, 6.45) is 1.71. The van der Waals surface area contributed by atoms with Gasteiger partial charge in [-0.3, -0.25) is 9.69 Å². The Balaban J connectivity index is 1.33. The molecule has 0 spiro atoms. The summed E-state index contributed by atoms with van der Waals surface area (Å²) in [5.74, 6) is 0.420. The van der Waals surface area contributed by atoms with Crippen LogP contribution in [0.3, 0.4) is 0 Å². The second-order valence-electron chi connectivity index (χ2n) is 7.29. The van der Waals surface area contributed by atoms with E-state index in [-0.39, 0.29) is 23.7 Å². The SMILES string of the molecule is CN1Cc2ccc(F)cc2C[C@@H]1CNC(=O)[C@@H]1C[C@H]1c1ccccc1. The Morgan fingerprint density at radius 3 is 2.80 bits per heavy atom. The lowest BCUT2D eigenvalue weighted by Gasteiger charge is -2.34. The maximum Gasteiger partial charge on any atom is 0.223 e. The standard InChI is InChI=1S/C21H23FN2O/c1-24-13-15-7-8-17(22)9-16(15)10-18(24)12-23-21(25)20-11-19(20)14-5-3-2-4-6-14/h2-9,18-20H,10-13H2,1H3,(H,23,25)/t18-,19+,20-/m1/s1. The summed E-state index contributed by atoms with van der Waals surface area (Å²) in [5, 5.41) is 3.12. The summed E-state index contributed by atoms with van der Waals surface area (Å²) in [5.41, 5.74) is 3.49. The lowest BCUT2D eigenvalue weighted by atomic mass is 9.94. The number of hydrogen-bond acceptors (Lipinski definition) is 2. The van der Waals surface area contributed by atoms with Crippen molar-refractivity contribution in [3.63, 3.8) is 0 Å². The second kappa shape index (κ2) is 6.60. The van der Waals surface area contributed by atoms with Crippen LogP contribution in [-0.2, 0) is 17.8 Å². The maximum absolute atomic E-state index is 13.5. The number of rotatable bonds is 4. The number of likely N-dealkylation sites (N-methyl/N-ethyl adjacent to an activating group) is 1. The number of carbonyl (C=O) groups is 1. The molecule has 1 aliphatic carbocycles. The van der Waals surface area contributed by atoms with E-state index in [0.29, 0.717) is 12.5 Å². The molecule has 130 valence electrons. The summed E-state index contributed by atoms with van der Waals surface area (Å²) in [6.45, 7) is 1.41. The van der Waals surface area contributed by atoms with E-state index in [4.69, 9.17) is 0 Å². The van der Waals surface area contributed by atoms with Gasteiger partial charge >= 0.3 is 0 Å². The van der Waals surface area contributed by atoms with Crippen molar-refractivity contribution in [3.05, 3.63) is 71.0 Å². The highest BCUT2D eigenvalue weighted by Gasteiger charge is 2.43. The van der Waals surface area contributed by atoms with Crippen LogP contribution < -0.4 is 5.32 Å². The first kappa shape index (κ1) is 16.3. The number of hydrogen-bond donors (Lipinski definition) is 1. The highest BCUT2D eigenvalue weighted by Crippen LogP contribution is 2.47. The van der Waals surface area contributed by atoms with Crippen molar-refractivity contribution in [3.8, 4) is 0 Å². The first-order valence-corrected chi connectivity index (χ1v) is 8.92. The summed E-state index contributed by atoms with van der Waals surface area (Å²) < 4.78 is 13.5. The third kappa shape index (κ3) is 3.45. The van der Waals surface area contributed by atoms with Crippen LogP contribution in [0.15, 0.2) is 48.5 Å². The van der Waals surface area contributed by atoms with Gasteiger partial charge in [-0.2, -0.15) is 0 Å². The minimum atomic E-state index is -0.185. The van der Waals surface area contributed by atoms with Crippen LogP contribution in [0.4, 0.5) is 4.39 Å². The van der Waals surface area contributed by atoms with Gasteiger partial charge in [0.15, 0.2) is 0 Å². The molecule has 3 nitrogen and oxygen atoms in total. The molecule has 0 bridgehead atoms. The van der Waals surface area contributed by atoms with E-state index >= 15 is 0 Å². The topological polar surface area (TPSA) is 32.3 Å². The third-order valence-electron chi connectivity index (χ3n) is 5.53. The van der Waals surface area contributed by atoms with Crippen LogP contribution in [-0.4, -0.2) is 30.4 Å². The van der Waals surface area contributed by atoms with Gasteiger partial charge in [0.25, 0.3) is 0 Å². The van der Waals surface area contributed by atoms with Gasteiger partial charge in [-0.15, -0.1) is 0 Å². The predicted molar refractivity (Wildman–Crippen MR) is 95.7 cm³/mol. The van der Waals surface area contributed by atoms with Gasteiger partial charge in [-0.1, -0.05) is 36.4 Å². The van der Waals surface area contributed by atoms with Gasteiger partial charge in [0.1, 0.15) is 5.82 Å². The molecule has 4 heteroatoms. The molecule has 0 saturated heterocycles. The van der Waals surface area contributed by atoms with Crippen LogP contribution in [0.25, 0.3) is 0 Å². The molecule has 1 amide bonds. The van der Waals surface area contributed by atoms with Gasteiger partial charge in [0.05, 0.1) is 0 Å². The van der Waals surface area contributed by atoms with Crippen LogP contribution in [0.2, 0.25) is 0 Å². The van der Waals surface area contributed by atoms with Gasteiger partial charge in [0.2, 0.25) is 5.91 Å². The smallest absolute Gasteiger partial charge is 0.223 e. The summed E-state index contributed by atoms with van der Waals surface area (Å²) in [6, 6.07) is 15.5. The molecular weight excluding hydrogens is 315 g/mol. The van der Waals surface area contributed by atoms with Crippen LogP contribution in [0.1, 0.15) is 29.0 Å². The van der Waals surface area contributed by atoms with E-state index in [2.05, 4.69) is 29.4 Å². The average Bonchev–Trinajstić information content (AvgIpc) is 3.42. The molecule has 1 saturated carbocycles. The van der Waals surface area contributed by atoms with Gasteiger partial charge in [0, 0.05) is 25.0 Å². The maximum atomic E-state index is 13.5. The fraction of sp³-hybridized carbons (Fsp3) is 0.381. The minimum Gasteiger partial charge on any atom is -0.354 e. The van der Waals surface area contributed by atoms with E-state index in [1.165, 1.54) is 17.2 Å². The zero-order valence-corrected chi connectivity index (χ0v) is 14.4. The molecular formula is C21H23FN2O. The van der Waals surface area contributed by atoms with Crippen LogP contribution in [0, 0.1) is 11.7 Å². The third-order valence-corrected chi connectivity index (χ3v) is 5.53. The number of halogens is 1. The van der Waals surface area contributed by atoms with Crippen molar-refractivity contribution < 1.29 is 9.18 Å². The highest BCUT2D eigenvalue weighted by molar-refractivity contribution is 5.82. The highest BCUT2D eigenvalue weighted by atomic mass is 19.1. The molecule has 2 aliphatic rings. The molecule has 1 fully saturated rings. The second-order valence-corrected chi connectivity index (χ2v) is 7.29. The minimum absolute atomic E-state index is 0.0982. The largest absolute Gasteiger partial charge is 0.354 e. The van der Waals surface area contributed by atoms with Crippen molar-refractivity contribution >= 4 is 5.91 Å². The summed E-state index contributed by atoms with van der Waals surface area (Å²) in [7, 11) is 2.06. The van der Waals surface area contributed by atoms with Crippen LogP contribution in [0.5, 0.6) is 0 Å². The Morgan fingerprint density at radius 1 is 1.20 bits per heavy atom. The Bertz CT molecular complexity index is 777. The van der Waals surface area contributed by atoms with E-state index in [1.807, 2.05) is 24.3 Å². The molecule has 0 unspecified atom stereocenters. The molecule has 1 aliphatic heterocycles. The average molecular weight is 338 g/mol. The number of nitrogens with zero attached hydrogens (tertiary/aromatic N) is 1. The zero-order chi connectivity index (χ0) is 17.4. The summed E-state index contributed by atoms with van der Waals surface area (Å²) in [4.78, 5) is 14.7. The Kier molecular flexibility index (Phi) is 4.30. The van der Waals surface area contributed by atoms with Crippen molar-refractivity contribution in [1.29, 1.82) is 0 Å². The molecule has 4 rings (SSSR count). The number of benzene rings is 2. The molecule has 0 radical (unpaired) electrons. The van der Waals surface area contributed by atoms with E-state index < -0.39 is 0 Å². The van der Waals surface area contributed by atoms with E-state index in [1.54, 1.807) is 6.07 Å². The molecule has 2 aromatic rings. The zero-order valence-electron chi connectivity index (χ0n) is 14.4. The monoisotopic (exact) mass is 338 g/mol. The van der Waals surface area contributed by atoms with Crippen molar-refractivity contribution in [2.75, 3.05) is 13.6 Å². The molecule has 1 N–H and O–H groups in total. The Hall–Kier alpha value is -2.20. The first-order chi connectivity index (χ1) is 12.1. The predicted octanol–water partition coefficient (Wildman–Crippen LogP) is 3.10. The van der Waals surface area contributed by atoms with Crippen molar-refractivity contribution in [2.45, 2.75) is 31.3 Å². The van der Waals surface area contributed by atoms with E-state index in [9.17, 15) is 9.18 Å². The summed E-state index contributed by atoms with van der Waals surface area (Å²) >= 11 is 0. The Morgan fingerprint density at radius 2 is 2.00 bits per heavy atom. The molecule has 0 aromatic heterocycles. The van der Waals surface area contributed by atoms with Gasteiger partial charge in [-0.05, 0) is 54.6 Å². The number of fused-ring (bicyclic) bond motifs is 1.